The van der Waals surface area contributed by atoms with Gasteiger partial charge in [0.05, 0.1) is 11.9 Å². The molecule has 0 spiro atoms. The van der Waals surface area contributed by atoms with Gasteiger partial charge in [-0.05, 0) is 33.1 Å². The Morgan fingerprint density at radius 3 is 2.65 bits per heavy atom. The van der Waals surface area contributed by atoms with Crippen molar-refractivity contribution in [3.05, 3.63) is 23.3 Å². The van der Waals surface area contributed by atoms with E-state index in [-0.39, 0.29) is 6.04 Å². The van der Waals surface area contributed by atoms with Gasteiger partial charge in [0.1, 0.15) is 11.5 Å². The van der Waals surface area contributed by atoms with Gasteiger partial charge in [-0.2, -0.15) is 13.2 Å². The quantitative estimate of drug-likeness (QED) is 0.919. The Morgan fingerprint density at radius 1 is 1.35 bits per heavy atom. The lowest BCUT2D eigenvalue weighted by Crippen LogP contribution is -2.42. The number of halogens is 3. The minimum absolute atomic E-state index is 0.263. The summed E-state index contributed by atoms with van der Waals surface area (Å²) in [5.41, 5.74) is -1.04. The maximum absolute atomic E-state index is 13.2. The van der Waals surface area contributed by atoms with Crippen LogP contribution < -0.4 is 0 Å². The van der Waals surface area contributed by atoms with E-state index in [1.165, 1.54) is 10.8 Å². The second-order valence-electron chi connectivity index (χ2n) is 6.61. The van der Waals surface area contributed by atoms with E-state index in [1.807, 2.05) is 6.92 Å². The monoisotopic (exact) mass is 327 g/mol. The van der Waals surface area contributed by atoms with E-state index in [0.717, 1.165) is 31.1 Å². The molecule has 0 amide bonds. The molecule has 2 aromatic heterocycles. The molecule has 2 atom stereocenters. The molecule has 0 unspecified atom stereocenters. The smallest absolute Gasteiger partial charge is 0.374 e. The zero-order valence-corrected chi connectivity index (χ0v) is 12.7. The Kier molecular flexibility index (Phi) is 2.80. The van der Waals surface area contributed by atoms with Crippen LogP contribution in [-0.2, 0) is 12.0 Å². The maximum atomic E-state index is 13.2. The molecule has 2 aliphatic rings. The van der Waals surface area contributed by atoms with Crippen molar-refractivity contribution in [1.29, 1.82) is 0 Å². The zero-order valence-electron chi connectivity index (χ0n) is 12.7. The SMILES string of the molecule is C[C@@H]1Cc2c(noc2C2CC2)-c2cnc([C@](C)(O)C(F)(F)F)n21. The molecule has 0 bridgehead atoms. The lowest BCUT2D eigenvalue weighted by molar-refractivity contribution is -0.262. The summed E-state index contributed by atoms with van der Waals surface area (Å²) in [5, 5.41) is 14.0. The summed E-state index contributed by atoms with van der Waals surface area (Å²) in [5.74, 6) is 0.822. The van der Waals surface area contributed by atoms with Crippen LogP contribution in [0.25, 0.3) is 11.4 Å². The van der Waals surface area contributed by atoms with E-state index in [1.54, 1.807) is 0 Å². The molecular formula is C15H16F3N3O2. The van der Waals surface area contributed by atoms with Crippen LogP contribution in [0.5, 0.6) is 0 Å². The standard InChI is InChI=1S/C15H16F3N3O2/c1-7-5-9-11(20-23-12(9)8-3-4-8)10-6-19-13(21(7)10)14(2,22)15(16,17)18/h6-8,22H,3-5H2,1-2H3/t7-,14+/m1/s1. The van der Waals surface area contributed by atoms with Gasteiger partial charge in [-0.1, -0.05) is 5.16 Å². The topological polar surface area (TPSA) is 64.1 Å². The molecule has 1 N–H and O–H groups in total. The van der Waals surface area contributed by atoms with Gasteiger partial charge >= 0.3 is 6.18 Å². The van der Waals surface area contributed by atoms with E-state index in [0.29, 0.717) is 23.7 Å². The molecule has 0 aromatic carbocycles. The summed E-state index contributed by atoms with van der Waals surface area (Å²) in [6.07, 6.45) is -0.830. The fourth-order valence-corrected chi connectivity index (χ4v) is 3.24. The molecule has 1 saturated carbocycles. The third-order valence-corrected chi connectivity index (χ3v) is 4.73. The summed E-state index contributed by atoms with van der Waals surface area (Å²) in [6.45, 7) is 2.54. The first-order chi connectivity index (χ1) is 10.7. The number of rotatable bonds is 2. The van der Waals surface area contributed by atoms with E-state index >= 15 is 0 Å². The number of aliphatic hydroxyl groups is 1. The minimum Gasteiger partial charge on any atom is -0.374 e. The number of fused-ring (bicyclic) bond motifs is 3. The van der Waals surface area contributed by atoms with Gasteiger partial charge in [0.15, 0.2) is 5.82 Å². The van der Waals surface area contributed by atoms with Crippen LogP contribution in [0.4, 0.5) is 13.2 Å². The molecule has 2 aromatic rings. The van der Waals surface area contributed by atoms with Crippen molar-refractivity contribution < 1.29 is 22.8 Å². The van der Waals surface area contributed by atoms with E-state index in [4.69, 9.17) is 4.52 Å². The Labute approximate surface area is 130 Å². The number of hydrogen-bond donors (Lipinski definition) is 1. The molecule has 3 heterocycles. The Bertz CT molecular complexity index is 772. The fourth-order valence-electron chi connectivity index (χ4n) is 3.24. The first-order valence-corrected chi connectivity index (χ1v) is 7.57. The molecule has 4 rings (SSSR count). The van der Waals surface area contributed by atoms with Crippen LogP contribution in [0.3, 0.4) is 0 Å². The Hall–Kier alpha value is -1.83. The van der Waals surface area contributed by atoms with E-state index in [9.17, 15) is 18.3 Å². The van der Waals surface area contributed by atoms with Crippen molar-refractivity contribution in [2.24, 2.45) is 0 Å². The Balaban J connectivity index is 1.86. The van der Waals surface area contributed by atoms with Crippen LogP contribution in [0.2, 0.25) is 0 Å². The van der Waals surface area contributed by atoms with E-state index in [2.05, 4.69) is 10.1 Å². The summed E-state index contributed by atoms with van der Waals surface area (Å²) in [6, 6.07) is -0.263. The van der Waals surface area contributed by atoms with Gasteiger partial charge in [0, 0.05) is 17.5 Å². The van der Waals surface area contributed by atoms with Crippen LogP contribution >= 0.6 is 0 Å². The van der Waals surface area contributed by atoms with Crippen molar-refractivity contribution in [2.75, 3.05) is 0 Å². The minimum atomic E-state index is -4.81. The molecule has 5 nitrogen and oxygen atoms in total. The number of hydrogen-bond acceptors (Lipinski definition) is 4. The van der Waals surface area contributed by atoms with Crippen LogP contribution in [0, 0.1) is 0 Å². The normalized spacial score (nSPS) is 23.3. The molecule has 8 heteroatoms. The van der Waals surface area contributed by atoms with Gasteiger partial charge in [-0.15, -0.1) is 0 Å². The maximum Gasteiger partial charge on any atom is 0.424 e. The van der Waals surface area contributed by atoms with Crippen molar-refractivity contribution in [3.8, 4) is 11.4 Å². The lowest BCUT2D eigenvalue weighted by Gasteiger charge is -2.30. The molecular weight excluding hydrogens is 311 g/mol. The second-order valence-corrected chi connectivity index (χ2v) is 6.61. The summed E-state index contributed by atoms with van der Waals surface area (Å²) < 4.78 is 46.4. The van der Waals surface area contributed by atoms with Gasteiger partial charge in [-0.3, -0.25) is 0 Å². The lowest BCUT2D eigenvalue weighted by atomic mass is 9.96. The average molecular weight is 327 g/mol. The Morgan fingerprint density at radius 2 is 2.04 bits per heavy atom. The van der Waals surface area contributed by atoms with Crippen molar-refractivity contribution in [1.82, 2.24) is 14.7 Å². The van der Waals surface area contributed by atoms with Crippen molar-refractivity contribution >= 4 is 0 Å². The molecule has 1 aliphatic heterocycles. The van der Waals surface area contributed by atoms with Crippen LogP contribution in [-0.4, -0.2) is 26.0 Å². The van der Waals surface area contributed by atoms with Crippen LogP contribution in [0.1, 0.15) is 55.8 Å². The van der Waals surface area contributed by atoms with Gasteiger partial charge in [-0.25, -0.2) is 4.98 Å². The molecule has 0 saturated heterocycles. The molecule has 124 valence electrons. The van der Waals surface area contributed by atoms with Gasteiger partial charge in [0.2, 0.25) is 5.60 Å². The van der Waals surface area contributed by atoms with Crippen molar-refractivity contribution in [3.63, 3.8) is 0 Å². The number of aromatic nitrogens is 3. The highest BCUT2D eigenvalue weighted by molar-refractivity contribution is 5.63. The highest BCUT2D eigenvalue weighted by Gasteiger charge is 2.55. The summed E-state index contributed by atoms with van der Waals surface area (Å²) in [7, 11) is 0. The highest BCUT2D eigenvalue weighted by Crippen LogP contribution is 2.48. The van der Waals surface area contributed by atoms with Crippen LogP contribution in [0.15, 0.2) is 10.7 Å². The largest absolute Gasteiger partial charge is 0.424 e. The fraction of sp³-hybridized carbons (Fsp3) is 0.600. The predicted octanol–water partition coefficient (Wildman–Crippen LogP) is 3.30. The zero-order chi connectivity index (χ0) is 16.6. The highest BCUT2D eigenvalue weighted by atomic mass is 19.4. The third kappa shape index (κ3) is 1.97. The molecule has 1 fully saturated rings. The van der Waals surface area contributed by atoms with E-state index < -0.39 is 17.6 Å². The first kappa shape index (κ1) is 14.7. The average Bonchev–Trinajstić information content (AvgIpc) is 3.03. The number of nitrogens with zero attached hydrogens (tertiary/aromatic N) is 3. The molecule has 1 aliphatic carbocycles. The molecule has 23 heavy (non-hydrogen) atoms. The number of alkyl halides is 3. The summed E-state index contributed by atoms with van der Waals surface area (Å²) in [4.78, 5) is 3.87. The summed E-state index contributed by atoms with van der Waals surface area (Å²) >= 11 is 0. The first-order valence-electron chi connectivity index (χ1n) is 7.57. The van der Waals surface area contributed by atoms with Gasteiger partial charge in [0.25, 0.3) is 0 Å². The number of imidazole rings is 1. The second kappa shape index (κ2) is 4.37. The third-order valence-electron chi connectivity index (χ3n) is 4.73. The van der Waals surface area contributed by atoms with Crippen molar-refractivity contribution in [2.45, 2.75) is 56.8 Å². The molecule has 0 radical (unpaired) electrons. The van der Waals surface area contributed by atoms with Gasteiger partial charge < -0.3 is 14.2 Å². The predicted molar refractivity (Wildman–Crippen MR) is 73.7 cm³/mol.